The fourth-order valence-corrected chi connectivity index (χ4v) is 2.65. The van der Waals surface area contributed by atoms with Crippen LogP contribution in [0.1, 0.15) is 10.7 Å². The molecule has 0 spiro atoms. The molecule has 0 aliphatic carbocycles. The van der Waals surface area contributed by atoms with Crippen LogP contribution in [-0.2, 0) is 16.1 Å². The van der Waals surface area contributed by atoms with Crippen molar-refractivity contribution in [2.24, 2.45) is 0 Å². The van der Waals surface area contributed by atoms with E-state index in [1.807, 2.05) is 6.92 Å². The molecule has 108 valence electrons. The van der Waals surface area contributed by atoms with Gasteiger partial charge >= 0.3 is 0 Å². The van der Waals surface area contributed by atoms with Crippen molar-refractivity contribution < 1.29 is 9.53 Å². The van der Waals surface area contributed by atoms with Crippen molar-refractivity contribution >= 4 is 27.5 Å². The Hall–Kier alpha value is -1.80. The number of rotatable bonds is 5. The highest BCUT2D eigenvalue weighted by Crippen LogP contribution is 2.20. The van der Waals surface area contributed by atoms with Crippen LogP contribution < -0.4 is 10.9 Å². The lowest BCUT2D eigenvalue weighted by molar-refractivity contribution is -0.122. The Bertz CT molecular complexity index is 692. The van der Waals surface area contributed by atoms with Crippen molar-refractivity contribution in [3.8, 4) is 0 Å². The van der Waals surface area contributed by atoms with Crippen LogP contribution >= 0.6 is 11.3 Å². The first-order valence-electron chi connectivity index (χ1n) is 6.13. The number of aryl methyl sites for hydroxylation is 2. The second-order valence-electron chi connectivity index (χ2n) is 4.30. The number of thiazole rings is 1. The highest BCUT2D eigenvalue weighted by Gasteiger charge is 2.14. The molecule has 0 aliphatic rings. The number of hydrogen-bond acceptors (Lipinski definition) is 6. The number of carbonyl (C=O) groups is 1. The van der Waals surface area contributed by atoms with Gasteiger partial charge in [-0.2, -0.15) is 5.10 Å². The summed E-state index contributed by atoms with van der Waals surface area (Å²) in [6.07, 6.45) is 0. The van der Waals surface area contributed by atoms with E-state index in [9.17, 15) is 9.59 Å². The monoisotopic (exact) mass is 296 g/mol. The zero-order valence-electron chi connectivity index (χ0n) is 11.6. The molecule has 0 aliphatic heterocycles. The number of amides is 1. The largest absolute Gasteiger partial charge is 0.383 e. The van der Waals surface area contributed by atoms with E-state index in [1.165, 1.54) is 11.3 Å². The van der Waals surface area contributed by atoms with Gasteiger partial charge in [0.05, 0.1) is 22.0 Å². The van der Waals surface area contributed by atoms with Crippen LogP contribution in [0.3, 0.4) is 0 Å². The molecule has 0 atom stereocenters. The van der Waals surface area contributed by atoms with E-state index in [0.29, 0.717) is 24.4 Å². The molecule has 0 saturated heterocycles. The molecule has 0 radical (unpaired) electrons. The SMILES string of the molecule is COCCNC(=O)Cn1nc(C)c2sc(C)nc2c1=O. The summed E-state index contributed by atoms with van der Waals surface area (Å²) in [7, 11) is 1.56. The molecule has 2 heterocycles. The van der Waals surface area contributed by atoms with Crippen LogP contribution in [0.4, 0.5) is 0 Å². The first-order chi connectivity index (χ1) is 9.52. The third-order valence-corrected chi connectivity index (χ3v) is 3.77. The Balaban J connectivity index is 2.24. The summed E-state index contributed by atoms with van der Waals surface area (Å²) >= 11 is 1.43. The number of methoxy groups -OCH3 is 1. The van der Waals surface area contributed by atoms with Crippen LogP contribution in [0.15, 0.2) is 4.79 Å². The molecule has 20 heavy (non-hydrogen) atoms. The molecule has 8 heteroatoms. The average molecular weight is 296 g/mol. The maximum Gasteiger partial charge on any atom is 0.294 e. The van der Waals surface area contributed by atoms with Gasteiger partial charge in [-0.25, -0.2) is 9.67 Å². The van der Waals surface area contributed by atoms with Gasteiger partial charge in [0.15, 0.2) is 5.52 Å². The summed E-state index contributed by atoms with van der Waals surface area (Å²) < 4.78 is 6.77. The molecular formula is C12H16N4O3S. The Kier molecular flexibility index (Phi) is 4.46. The Morgan fingerprint density at radius 3 is 2.90 bits per heavy atom. The van der Waals surface area contributed by atoms with Crippen LogP contribution in [0, 0.1) is 13.8 Å². The molecule has 2 aromatic heterocycles. The summed E-state index contributed by atoms with van der Waals surface area (Å²) in [5, 5.41) is 7.62. The number of fused-ring (bicyclic) bond motifs is 1. The number of nitrogens with zero attached hydrogens (tertiary/aromatic N) is 3. The van der Waals surface area contributed by atoms with Gasteiger partial charge in [0.25, 0.3) is 5.56 Å². The molecule has 2 aromatic rings. The number of ether oxygens (including phenoxy) is 1. The average Bonchev–Trinajstić information content (AvgIpc) is 2.79. The van der Waals surface area contributed by atoms with Crippen molar-refractivity contribution in [3.63, 3.8) is 0 Å². The Morgan fingerprint density at radius 1 is 1.45 bits per heavy atom. The molecule has 0 saturated carbocycles. The minimum Gasteiger partial charge on any atom is -0.383 e. The maximum atomic E-state index is 12.2. The van der Waals surface area contributed by atoms with Gasteiger partial charge in [0, 0.05) is 13.7 Å². The first-order valence-corrected chi connectivity index (χ1v) is 6.95. The van der Waals surface area contributed by atoms with Gasteiger partial charge in [-0.05, 0) is 13.8 Å². The smallest absolute Gasteiger partial charge is 0.294 e. The topological polar surface area (TPSA) is 86.1 Å². The minimum atomic E-state index is -0.336. The summed E-state index contributed by atoms with van der Waals surface area (Å²) in [6.45, 7) is 4.36. The molecule has 0 bridgehead atoms. The van der Waals surface area contributed by atoms with E-state index in [-0.39, 0.29) is 18.0 Å². The lowest BCUT2D eigenvalue weighted by Gasteiger charge is -2.07. The van der Waals surface area contributed by atoms with E-state index in [4.69, 9.17) is 4.74 Å². The van der Waals surface area contributed by atoms with Crippen molar-refractivity contribution in [1.82, 2.24) is 20.1 Å². The Labute approximate surface area is 119 Å². The molecule has 7 nitrogen and oxygen atoms in total. The first kappa shape index (κ1) is 14.6. The molecule has 0 fully saturated rings. The van der Waals surface area contributed by atoms with Crippen molar-refractivity contribution in [2.75, 3.05) is 20.3 Å². The summed E-state index contributed by atoms with van der Waals surface area (Å²) in [5.74, 6) is -0.276. The second-order valence-corrected chi connectivity index (χ2v) is 5.50. The van der Waals surface area contributed by atoms with E-state index in [0.717, 1.165) is 14.4 Å². The second kappa shape index (κ2) is 6.10. The molecular weight excluding hydrogens is 280 g/mol. The lowest BCUT2D eigenvalue weighted by atomic mass is 10.4. The molecule has 0 unspecified atom stereocenters. The predicted octanol–water partition coefficient (Wildman–Crippen LogP) is 0.232. The quantitative estimate of drug-likeness (QED) is 0.798. The molecule has 1 N–H and O–H groups in total. The number of hydrogen-bond donors (Lipinski definition) is 1. The van der Waals surface area contributed by atoms with Gasteiger partial charge < -0.3 is 10.1 Å². The van der Waals surface area contributed by atoms with Crippen LogP contribution in [-0.4, -0.2) is 40.9 Å². The minimum absolute atomic E-state index is 0.115. The number of nitrogens with one attached hydrogen (secondary N) is 1. The normalized spacial score (nSPS) is 10.9. The zero-order chi connectivity index (χ0) is 14.7. The van der Waals surface area contributed by atoms with Gasteiger partial charge in [-0.1, -0.05) is 0 Å². The van der Waals surface area contributed by atoms with Crippen LogP contribution in [0.5, 0.6) is 0 Å². The van der Waals surface area contributed by atoms with Gasteiger partial charge in [-0.3, -0.25) is 9.59 Å². The van der Waals surface area contributed by atoms with E-state index >= 15 is 0 Å². The number of carbonyl (C=O) groups excluding carboxylic acids is 1. The van der Waals surface area contributed by atoms with E-state index in [1.54, 1.807) is 14.0 Å². The zero-order valence-corrected chi connectivity index (χ0v) is 12.4. The highest BCUT2D eigenvalue weighted by molar-refractivity contribution is 7.18. The van der Waals surface area contributed by atoms with E-state index in [2.05, 4.69) is 15.4 Å². The fourth-order valence-electron chi connectivity index (χ4n) is 1.80. The predicted molar refractivity (Wildman–Crippen MR) is 76.0 cm³/mol. The molecule has 2 rings (SSSR count). The Morgan fingerprint density at radius 2 is 2.20 bits per heavy atom. The molecule has 0 aromatic carbocycles. The standard InChI is InChI=1S/C12H16N4O3S/c1-7-11-10(14-8(2)20-11)12(18)16(15-7)6-9(17)13-4-5-19-3/h4-6H2,1-3H3,(H,13,17). The summed E-state index contributed by atoms with van der Waals surface area (Å²) in [4.78, 5) is 28.1. The van der Waals surface area contributed by atoms with Crippen molar-refractivity contribution in [2.45, 2.75) is 20.4 Å². The number of aromatic nitrogens is 3. The van der Waals surface area contributed by atoms with Gasteiger partial charge in [0.1, 0.15) is 6.54 Å². The third kappa shape index (κ3) is 3.02. The van der Waals surface area contributed by atoms with Gasteiger partial charge in [-0.15, -0.1) is 11.3 Å². The summed E-state index contributed by atoms with van der Waals surface area (Å²) in [5.41, 5.74) is 0.747. The fraction of sp³-hybridized carbons (Fsp3) is 0.500. The molecule has 1 amide bonds. The van der Waals surface area contributed by atoms with Crippen molar-refractivity contribution in [1.29, 1.82) is 0 Å². The lowest BCUT2D eigenvalue weighted by Crippen LogP contribution is -2.35. The van der Waals surface area contributed by atoms with Gasteiger partial charge in [0.2, 0.25) is 5.91 Å². The van der Waals surface area contributed by atoms with Crippen molar-refractivity contribution in [3.05, 3.63) is 21.1 Å². The highest BCUT2D eigenvalue weighted by atomic mass is 32.1. The maximum absolute atomic E-state index is 12.2. The van der Waals surface area contributed by atoms with Crippen LogP contribution in [0.2, 0.25) is 0 Å². The summed E-state index contributed by atoms with van der Waals surface area (Å²) in [6, 6.07) is 0. The van der Waals surface area contributed by atoms with E-state index < -0.39 is 0 Å². The third-order valence-electron chi connectivity index (χ3n) is 2.69. The van der Waals surface area contributed by atoms with Crippen LogP contribution in [0.25, 0.3) is 10.2 Å².